The van der Waals surface area contributed by atoms with Gasteiger partial charge < -0.3 is 10.6 Å². The lowest BCUT2D eigenvalue weighted by molar-refractivity contribution is -0.383. The average Bonchev–Trinajstić information content (AvgIpc) is 2.87. The molecule has 8 nitrogen and oxygen atoms in total. The Kier molecular flexibility index (Phi) is 4.77. The average molecular weight is 377 g/mol. The van der Waals surface area contributed by atoms with E-state index < -0.39 is 4.92 Å². The maximum Gasteiger partial charge on any atom is 0.353 e. The van der Waals surface area contributed by atoms with E-state index in [-0.39, 0.29) is 17.3 Å². The van der Waals surface area contributed by atoms with Crippen LogP contribution in [0.25, 0.3) is 0 Å². The maximum absolute atomic E-state index is 11.6. The predicted octanol–water partition coefficient (Wildman–Crippen LogP) is 4.60. The van der Waals surface area contributed by atoms with E-state index in [1.165, 1.54) is 17.7 Å². The number of anilines is 4. The van der Waals surface area contributed by atoms with Crippen molar-refractivity contribution in [3.8, 4) is 0 Å². The molecule has 0 saturated carbocycles. The lowest BCUT2D eigenvalue weighted by Crippen LogP contribution is -2.05. The quantitative estimate of drug-likeness (QED) is 0.495. The summed E-state index contributed by atoms with van der Waals surface area (Å²) < 4.78 is 0. The lowest BCUT2D eigenvalue weighted by atomic mass is 10.3. The van der Waals surface area contributed by atoms with Crippen LogP contribution in [-0.4, -0.2) is 19.9 Å². The second-order valence-electron chi connectivity index (χ2n) is 5.07. The molecule has 0 saturated heterocycles. The lowest BCUT2D eigenvalue weighted by Gasteiger charge is -2.09. The van der Waals surface area contributed by atoms with Crippen LogP contribution in [0.15, 0.2) is 30.6 Å². The fraction of sp³-hybridized carbons (Fsp3) is 0.133. The van der Waals surface area contributed by atoms with Crippen LogP contribution in [0.5, 0.6) is 0 Å². The molecule has 10 heteroatoms. The van der Waals surface area contributed by atoms with E-state index in [1.807, 2.05) is 13.8 Å². The van der Waals surface area contributed by atoms with Gasteiger partial charge in [-0.25, -0.2) is 15.0 Å². The van der Waals surface area contributed by atoms with Gasteiger partial charge in [0.05, 0.1) is 21.3 Å². The zero-order valence-corrected chi connectivity index (χ0v) is 14.9. The van der Waals surface area contributed by atoms with Crippen LogP contribution in [0, 0.1) is 24.0 Å². The molecule has 2 aromatic heterocycles. The summed E-state index contributed by atoms with van der Waals surface area (Å²) in [6.07, 6.45) is 1.24. The first-order valence-electron chi connectivity index (χ1n) is 7.17. The number of nitrogens with zero attached hydrogens (tertiary/aromatic N) is 4. The van der Waals surface area contributed by atoms with Crippen molar-refractivity contribution in [1.29, 1.82) is 0 Å². The van der Waals surface area contributed by atoms with Crippen molar-refractivity contribution in [3.63, 3.8) is 0 Å². The van der Waals surface area contributed by atoms with Gasteiger partial charge in [-0.15, -0.1) is 11.3 Å². The Bertz CT molecular complexity index is 926. The van der Waals surface area contributed by atoms with Gasteiger partial charge in [0.2, 0.25) is 11.6 Å². The third-order valence-corrected chi connectivity index (χ3v) is 4.70. The molecule has 0 radical (unpaired) electrons. The fourth-order valence-corrected chi connectivity index (χ4v) is 3.05. The van der Waals surface area contributed by atoms with E-state index in [0.717, 1.165) is 10.6 Å². The van der Waals surface area contributed by atoms with E-state index in [4.69, 9.17) is 11.6 Å². The Balaban J connectivity index is 1.99. The van der Waals surface area contributed by atoms with E-state index in [9.17, 15) is 10.1 Å². The second-order valence-corrected chi connectivity index (χ2v) is 6.68. The Hall–Kier alpha value is -2.78. The Labute approximate surface area is 152 Å². The number of hydrogen-bond donors (Lipinski definition) is 2. The Morgan fingerprint density at radius 1 is 1.16 bits per heavy atom. The molecule has 3 aromatic rings. The van der Waals surface area contributed by atoms with Crippen LogP contribution in [-0.2, 0) is 0 Å². The van der Waals surface area contributed by atoms with Crippen molar-refractivity contribution >= 4 is 51.1 Å². The van der Waals surface area contributed by atoms with Gasteiger partial charge in [0.1, 0.15) is 6.33 Å². The second kappa shape index (κ2) is 6.99. The summed E-state index contributed by atoms with van der Waals surface area (Å²) in [5, 5.41) is 18.3. The van der Waals surface area contributed by atoms with Gasteiger partial charge in [-0.1, -0.05) is 23.7 Å². The molecule has 0 aliphatic rings. The third kappa shape index (κ3) is 3.67. The summed E-state index contributed by atoms with van der Waals surface area (Å²) in [6, 6.07) is 6.91. The first kappa shape index (κ1) is 17.1. The topological polar surface area (TPSA) is 106 Å². The molecular weight excluding hydrogens is 364 g/mol. The number of hydrogen-bond acceptors (Lipinski definition) is 8. The molecule has 2 heterocycles. The summed E-state index contributed by atoms with van der Waals surface area (Å²) >= 11 is 7.49. The molecule has 25 heavy (non-hydrogen) atoms. The number of nitrogens with one attached hydrogen (secondary N) is 2. The smallest absolute Gasteiger partial charge is 0.333 e. The third-order valence-electron chi connectivity index (χ3n) is 3.39. The van der Waals surface area contributed by atoms with Gasteiger partial charge in [-0.2, -0.15) is 0 Å². The number of aryl methyl sites for hydroxylation is 2. The van der Waals surface area contributed by atoms with Gasteiger partial charge in [-0.05, 0) is 26.0 Å². The Morgan fingerprint density at radius 3 is 2.44 bits per heavy atom. The zero-order chi connectivity index (χ0) is 18.0. The minimum atomic E-state index is -0.547. The van der Waals surface area contributed by atoms with E-state index in [0.29, 0.717) is 15.8 Å². The zero-order valence-electron chi connectivity index (χ0n) is 13.3. The predicted molar refractivity (Wildman–Crippen MR) is 98.3 cm³/mol. The maximum atomic E-state index is 11.6. The van der Waals surface area contributed by atoms with Gasteiger partial charge in [0, 0.05) is 4.88 Å². The van der Waals surface area contributed by atoms with Crippen molar-refractivity contribution in [2.75, 3.05) is 10.6 Å². The van der Waals surface area contributed by atoms with Gasteiger partial charge in [-0.3, -0.25) is 10.1 Å². The van der Waals surface area contributed by atoms with E-state index in [1.54, 1.807) is 24.3 Å². The number of halogens is 1. The molecule has 0 spiro atoms. The molecular formula is C15H13ClN6O2S. The van der Waals surface area contributed by atoms with Crippen molar-refractivity contribution in [1.82, 2.24) is 15.0 Å². The number of para-hydroxylation sites is 1. The van der Waals surface area contributed by atoms with Crippen LogP contribution >= 0.6 is 22.9 Å². The highest BCUT2D eigenvalue weighted by Crippen LogP contribution is 2.35. The van der Waals surface area contributed by atoms with Gasteiger partial charge in [0.15, 0.2) is 5.13 Å². The Morgan fingerprint density at radius 2 is 1.84 bits per heavy atom. The highest BCUT2D eigenvalue weighted by atomic mass is 35.5. The highest BCUT2D eigenvalue weighted by molar-refractivity contribution is 7.15. The minimum absolute atomic E-state index is 0.0422. The molecule has 2 N–H and O–H groups in total. The number of rotatable bonds is 5. The minimum Gasteiger partial charge on any atom is -0.333 e. The number of nitro groups is 1. The monoisotopic (exact) mass is 376 g/mol. The summed E-state index contributed by atoms with van der Waals surface area (Å²) in [5.41, 5.74) is 1.09. The molecule has 0 amide bonds. The van der Waals surface area contributed by atoms with E-state index >= 15 is 0 Å². The summed E-state index contributed by atoms with van der Waals surface area (Å²) in [4.78, 5) is 24.3. The van der Waals surface area contributed by atoms with Gasteiger partial charge >= 0.3 is 5.69 Å². The van der Waals surface area contributed by atoms with Crippen LogP contribution in [0.4, 0.5) is 28.1 Å². The van der Waals surface area contributed by atoms with Crippen molar-refractivity contribution in [2.45, 2.75) is 13.8 Å². The molecule has 0 bridgehead atoms. The molecule has 0 fully saturated rings. The number of thiazole rings is 1. The molecule has 3 rings (SSSR count). The molecule has 0 aliphatic heterocycles. The standard InChI is InChI=1S/C15H13ClN6O2S/c1-8-9(2)25-15(19-8)21-14-12(22(23)24)13(17-7-18-14)20-11-6-4-3-5-10(11)16/h3-7H,1-2H3,(H2,17,18,19,20,21). The largest absolute Gasteiger partial charge is 0.353 e. The highest BCUT2D eigenvalue weighted by Gasteiger charge is 2.24. The first-order chi connectivity index (χ1) is 12.0. The van der Waals surface area contributed by atoms with Crippen molar-refractivity contribution in [2.24, 2.45) is 0 Å². The summed E-state index contributed by atoms with van der Waals surface area (Å²) in [7, 11) is 0. The number of benzene rings is 1. The SMILES string of the molecule is Cc1nc(Nc2ncnc(Nc3ccccc3Cl)c2[N+](=O)[O-])sc1C. The molecule has 1 aromatic carbocycles. The van der Waals surface area contributed by atoms with Crippen LogP contribution in [0.1, 0.15) is 10.6 Å². The summed E-state index contributed by atoms with van der Waals surface area (Å²) in [6.45, 7) is 3.80. The first-order valence-corrected chi connectivity index (χ1v) is 8.37. The number of aromatic nitrogens is 3. The van der Waals surface area contributed by atoms with Crippen LogP contribution in [0.3, 0.4) is 0 Å². The normalized spacial score (nSPS) is 10.5. The molecule has 0 atom stereocenters. The van der Waals surface area contributed by atoms with Gasteiger partial charge in [0.25, 0.3) is 0 Å². The van der Waals surface area contributed by atoms with Crippen LogP contribution < -0.4 is 10.6 Å². The van der Waals surface area contributed by atoms with Crippen LogP contribution in [0.2, 0.25) is 5.02 Å². The summed E-state index contributed by atoms with van der Waals surface area (Å²) in [5.74, 6) is 0.101. The molecule has 128 valence electrons. The van der Waals surface area contributed by atoms with Crippen molar-refractivity contribution in [3.05, 3.63) is 56.3 Å². The van der Waals surface area contributed by atoms with Crippen molar-refractivity contribution < 1.29 is 4.92 Å². The fourth-order valence-electron chi connectivity index (χ4n) is 2.05. The molecule has 0 unspecified atom stereocenters. The van der Waals surface area contributed by atoms with E-state index in [2.05, 4.69) is 25.6 Å². The molecule has 0 aliphatic carbocycles.